The van der Waals surface area contributed by atoms with E-state index in [-0.39, 0.29) is 40.2 Å². The van der Waals surface area contributed by atoms with Gasteiger partial charge in [0.15, 0.2) is 0 Å². The molecule has 15 heteroatoms. The first-order chi connectivity index (χ1) is 28.0. The van der Waals surface area contributed by atoms with Gasteiger partial charge in [0, 0.05) is 69.1 Å². The maximum absolute atomic E-state index is 14.9. The van der Waals surface area contributed by atoms with Crippen LogP contribution in [0, 0.1) is 17.8 Å². The molecule has 2 fully saturated rings. The molecule has 1 saturated carbocycles. The quantitative estimate of drug-likeness (QED) is 0.289. The number of methoxy groups -OCH3 is 1. The van der Waals surface area contributed by atoms with Crippen LogP contribution in [0.1, 0.15) is 70.9 Å². The predicted molar refractivity (Wildman–Crippen MR) is 223 cm³/mol. The van der Waals surface area contributed by atoms with Crippen LogP contribution in [-0.2, 0) is 38.3 Å². The van der Waals surface area contributed by atoms with Crippen molar-refractivity contribution in [3.63, 3.8) is 0 Å². The summed E-state index contributed by atoms with van der Waals surface area (Å²) in [5.74, 6) is -0.0830. The maximum atomic E-state index is 14.9. The Balaban J connectivity index is 1.12. The zero-order valence-electron chi connectivity index (χ0n) is 33.7. The second kappa shape index (κ2) is 17.3. The van der Waals surface area contributed by atoms with E-state index in [1.54, 1.807) is 20.2 Å². The fourth-order valence-corrected chi connectivity index (χ4v) is 11.5. The summed E-state index contributed by atoms with van der Waals surface area (Å²) in [6.07, 6.45) is 11.3. The minimum Gasteiger partial charge on any atom is -0.490 e. The molecule has 8 rings (SSSR count). The second-order valence-electron chi connectivity index (χ2n) is 16.7. The number of anilines is 1. The molecule has 2 bridgehead atoms. The van der Waals surface area contributed by atoms with Gasteiger partial charge >= 0.3 is 0 Å². The highest BCUT2D eigenvalue weighted by Crippen LogP contribution is 2.47. The zero-order valence-corrected chi connectivity index (χ0v) is 35.3. The van der Waals surface area contributed by atoms with E-state index in [0.717, 1.165) is 62.4 Å². The van der Waals surface area contributed by atoms with E-state index in [2.05, 4.69) is 48.3 Å². The number of nitrogens with one attached hydrogen (secondary N) is 1. The molecule has 1 aromatic heterocycles. The van der Waals surface area contributed by atoms with Gasteiger partial charge in [-0.25, -0.2) is 4.21 Å². The average molecular weight is 835 g/mol. The molecular weight excluding hydrogens is 780 g/mol. The molecule has 58 heavy (non-hydrogen) atoms. The highest BCUT2D eigenvalue weighted by atomic mass is 35.5. The van der Waals surface area contributed by atoms with Crippen molar-refractivity contribution >= 4 is 39.0 Å². The molecule has 2 aromatic carbocycles. The van der Waals surface area contributed by atoms with Gasteiger partial charge < -0.3 is 23.8 Å². The summed E-state index contributed by atoms with van der Waals surface area (Å²) in [7, 11) is -0.193. The molecule has 3 aliphatic heterocycles. The van der Waals surface area contributed by atoms with E-state index in [0.29, 0.717) is 63.5 Å². The number of fused-ring (bicyclic) bond motifs is 4. The number of hydrogen-bond acceptors (Lipinski definition) is 10. The lowest BCUT2D eigenvalue weighted by Crippen LogP contribution is -2.49. The Morgan fingerprint density at radius 1 is 1.16 bits per heavy atom. The number of carbonyl (C=O) groups excluding carboxylic acids is 2. The Kier molecular flexibility index (Phi) is 12.2. The summed E-state index contributed by atoms with van der Waals surface area (Å²) in [5.41, 5.74) is 3.44. The van der Waals surface area contributed by atoms with Crippen LogP contribution in [0.3, 0.4) is 0 Å². The van der Waals surface area contributed by atoms with Crippen LogP contribution in [0.2, 0.25) is 5.02 Å². The Labute approximate surface area is 346 Å². The smallest absolute Gasteiger partial charge is 0.286 e. The molecule has 1 N–H and O–H groups in total. The van der Waals surface area contributed by atoms with Crippen LogP contribution in [0.25, 0.3) is 0 Å². The molecule has 1 spiro atoms. The van der Waals surface area contributed by atoms with Crippen LogP contribution < -0.4 is 19.1 Å². The van der Waals surface area contributed by atoms with E-state index in [1.165, 1.54) is 22.0 Å². The summed E-state index contributed by atoms with van der Waals surface area (Å²) in [6.45, 7) is 7.79. The predicted octanol–water partition coefficient (Wildman–Crippen LogP) is 5.85. The molecule has 2 aliphatic carbocycles. The first kappa shape index (κ1) is 40.8. The third kappa shape index (κ3) is 8.81. The second-order valence-corrected chi connectivity index (χ2v) is 19.2. The summed E-state index contributed by atoms with van der Waals surface area (Å²) in [6, 6.07) is 11.6. The molecule has 5 aliphatic rings. The van der Waals surface area contributed by atoms with Gasteiger partial charge in [0.05, 0.1) is 37.4 Å². The molecule has 3 aromatic rings. The fraction of sp³-hybridized carbons (Fsp3) is 0.558. The number of hydrogen-bond donors (Lipinski definition) is 1. The van der Waals surface area contributed by atoms with Gasteiger partial charge in [-0.1, -0.05) is 36.7 Å². The number of carbonyl (C=O) groups is 2. The molecular formula is C43H55ClN6O7S. The highest BCUT2D eigenvalue weighted by Gasteiger charge is 2.44. The normalized spacial score (nSPS) is 29.5. The van der Waals surface area contributed by atoms with E-state index < -0.39 is 21.7 Å². The SMILES string of the molecule is CO[C@H]1/C=C\C[C@H](C)CS(=O)(NC(=O)c2cn(C)nc2OCCN2CCOCC2)=NC(=O)c2ccc3c(c2)N(C[C@@H]2CC[C@H]21)C[C@@]1(CCCc2cc(Cl)ccc21)CO3. The highest BCUT2D eigenvalue weighted by molar-refractivity contribution is 7.92. The van der Waals surface area contributed by atoms with Crippen molar-refractivity contribution in [3.8, 4) is 11.6 Å². The third-order valence-corrected chi connectivity index (χ3v) is 14.8. The Bertz CT molecular complexity index is 2160. The number of benzene rings is 2. The van der Waals surface area contributed by atoms with Crippen molar-refractivity contribution in [3.05, 3.63) is 82.0 Å². The number of aromatic nitrogens is 2. The number of allylic oxidation sites excluding steroid dienone is 1. The van der Waals surface area contributed by atoms with Crippen LogP contribution >= 0.6 is 11.6 Å². The molecule has 1 unspecified atom stereocenters. The van der Waals surface area contributed by atoms with Gasteiger partial charge in [-0.3, -0.25) is 23.9 Å². The molecule has 4 heterocycles. The summed E-state index contributed by atoms with van der Waals surface area (Å²) < 4.78 is 47.6. The molecule has 2 amide bonds. The number of halogens is 1. The zero-order chi connectivity index (χ0) is 40.4. The van der Waals surface area contributed by atoms with Crippen molar-refractivity contribution in [2.24, 2.45) is 29.2 Å². The van der Waals surface area contributed by atoms with E-state index in [4.69, 9.17) is 30.5 Å². The largest absolute Gasteiger partial charge is 0.490 e. The lowest BCUT2D eigenvalue weighted by atomic mass is 9.68. The van der Waals surface area contributed by atoms with Gasteiger partial charge in [0.25, 0.3) is 11.8 Å². The maximum Gasteiger partial charge on any atom is 0.286 e. The fourth-order valence-electron chi connectivity index (χ4n) is 9.39. The van der Waals surface area contributed by atoms with E-state index in [1.807, 2.05) is 25.1 Å². The first-order valence-corrected chi connectivity index (χ1v) is 22.7. The molecule has 6 atom stereocenters. The minimum absolute atomic E-state index is 0.0435. The topological polar surface area (TPSA) is 137 Å². The third-order valence-electron chi connectivity index (χ3n) is 12.6. The Hall–Kier alpha value is -3.95. The van der Waals surface area contributed by atoms with Gasteiger partial charge in [-0.15, -0.1) is 9.46 Å². The van der Waals surface area contributed by atoms with E-state index in [9.17, 15) is 13.8 Å². The summed E-state index contributed by atoms with van der Waals surface area (Å²) in [4.78, 5) is 32.8. The van der Waals surface area contributed by atoms with Gasteiger partial charge in [0.1, 0.15) is 27.8 Å². The number of ether oxygens (including phenoxy) is 4. The first-order valence-electron chi connectivity index (χ1n) is 20.6. The van der Waals surface area contributed by atoms with Gasteiger partial charge in [-0.2, -0.15) is 0 Å². The van der Waals surface area contributed by atoms with Crippen LogP contribution in [0.4, 0.5) is 5.69 Å². The van der Waals surface area contributed by atoms with Crippen molar-refractivity contribution < 1.29 is 32.7 Å². The van der Waals surface area contributed by atoms with Crippen LogP contribution in [0.5, 0.6) is 11.6 Å². The molecule has 1 saturated heterocycles. The monoisotopic (exact) mass is 834 g/mol. The van der Waals surface area contributed by atoms with Gasteiger partial charge in [-0.05, 0) is 97.7 Å². The molecule has 0 radical (unpaired) electrons. The Morgan fingerprint density at radius 2 is 2.00 bits per heavy atom. The molecule has 312 valence electrons. The standard InChI is InChI=1S/C43H55ClN6O7S/c1-29-6-4-8-38(54-3)34-12-9-32(34)24-50-27-43(15-5-7-30-22-33(44)11-13-36(30)43)28-57-39-14-10-31(23-37(39)50)40(51)46-58(53,26-29)47-41(52)35-25-48(2)45-42(35)56-21-18-49-16-19-55-20-17-49/h4,8,10-11,13-14,22-23,25,29,32,34,38H,5-7,9,12,15-21,24,26-28H2,1-3H3,(H,46,47,51,52,53)/b8-4-/t29-,32-,34+,38-,43-,58?/m0/s1. The lowest BCUT2D eigenvalue weighted by Gasteiger charge is -2.46. The number of nitrogens with zero attached hydrogens (tertiary/aromatic N) is 5. The Morgan fingerprint density at radius 3 is 2.79 bits per heavy atom. The van der Waals surface area contributed by atoms with Gasteiger partial charge in [0.2, 0.25) is 5.88 Å². The average Bonchev–Trinajstić information content (AvgIpc) is 3.50. The van der Waals surface area contributed by atoms with Crippen molar-refractivity contribution in [1.82, 2.24) is 19.4 Å². The summed E-state index contributed by atoms with van der Waals surface area (Å²) >= 11 is 6.49. The molecule has 13 nitrogen and oxygen atoms in total. The number of amides is 2. The van der Waals surface area contributed by atoms with Crippen LogP contribution in [-0.4, -0.2) is 109 Å². The lowest BCUT2D eigenvalue weighted by molar-refractivity contribution is 0.0131. The number of aryl methyl sites for hydroxylation is 2. The van der Waals surface area contributed by atoms with Crippen molar-refractivity contribution in [2.45, 2.75) is 57.0 Å². The number of rotatable bonds is 7. The number of morpholine rings is 1. The van der Waals surface area contributed by atoms with E-state index >= 15 is 0 Å². The van der Waals surface area contributed by atoms with Crippen molar-refractivity contribution in [1.29, 1.82) is 0 Å². The summed E-state index contributed by atoms with van der Waals surface area (Å²) in [5, 5.41) is 5.10. The van der Waals surface area contributed by atoms with Crippen molar-refractivity contribution in [2.75, 3.05) is 76.9 Å². The van der Waals surface area contributed by atoms with Crippen LogP contribution in [0.15, 0.2) is 59.1 Å². The minimum atomic E-state index is -3.65.